The molecule has 0 aliphatic rings. The number of aromatic nitrogens is 1. The number of nitrogens with one attached hydrogen (secondary N) is 1. The Morgan fingerprint density at radius 3 is 2.76 bits per heavy atom. The van der Waals surface area contributed by atoms with Gasteiger partial charge in [0.25, 0.3) is 0 Å². The molecule has 0 fully saturated rings. The summed E-state index contributed by atoms with van der Waals surface area (Å²) >= 11 is 1.40. The van der Waals surface area contributed by atoms with E-state index in [4.69, 9.17) is 14.7 Å². The van der Waals surface area contributed by atoms with Crippen molar-refractivity contribution in [3.05, 3.63) is 41.6 Å². The number of nitriles is 1. The highest BCUT2D eigenvalue weighted by molar-refractivity contribution is 7.99. The summed E-state index contributed by atoms with van der Waals surface area (Å²) in [7, 11) is 3.10. The van der Waals surface area contributed by atoms with Crippen LogP contribution in [0.5, 0.6) is 11.5 Å². The second kappa shape index (κ2) is 8.94. The summed E-state index contributed by atoms with van der Waals surface area (Å²) in [4.78, 5) is 16.5. The SMILES string of the molecule is COc1ccc(NC(=O)CCSc2nc(C)ccc2C#N)c(OC)c1. The van der Waals surface area contributed by atoms with E-state index >= 15 is 0 Å². The van der Waals surface area contributed by atoms with Crippen LogP contribution in [0.25, 0.3) is 0 Å². The second-order valence-electron chi connectivity index (χ2n) is 5.13. The molecule has 1 N–H and O–H groups in total. The third-order valence-corrected chi connectivity index (χ3v) is 4.36. The lowest BCUT2D eigenvalue weighted by Gasteiger charge is -2.11. The fraction of sp³-hybridized carbons (Fsp3) is 0.278. The summed E-state index contributed by atoms with van der Waals surface area (Å²) in [6, 6.07) is 10.9. The molecular weight excluding hydrogens is 338 g/mol. The number of carbonyl (C=O) groups excluding carboxylic acids is 1. The van der Waals surface area contributed by atoms with Crippen LogP contribution in [0.3, 0.4) is 0 Å². The van der Waals surface area contributed by atoms with Crippen LogP contribution in [-0.4, -0.2) is 30.9 Å². The van der Waals surface area contributed by atoms with E-state index < -0.39 is 0 Å². The van der Waals surface area contributed by atoms with Gasteiger partial charge in [0, 0.05) is 23.9 Å². The first-order valence-corrected chi connectivity index (χ1v) is 8.58. The van der Waals surface area contributed by atoms with Crippen LogP contribution in [0, 0.1) is 18.3 Å². The van der Waals surface area contributed by atoms with Gasteiger partial charge >= 0.3 is 0 Å². The van der Waals surface area contributed by atoms with Crippen molar-refractivity contribution in [2.45, 2.75) is 18.4 Å². The van der Waals surface area contributed by atoms with Crippen molar-refractivity contribution in [2.24, 2.45) is 0 Å². The Balaban J connectivity index is 1.94. The molecule has 0 spiro atoms. The number of benzene rings is 1. The Morgan fingerprint density at radius 1 is 1.28 bits per heavy atom. The Bertz CT molecular complexity index is 803. The summed E-state index contributed by atoms with van der Waals surface area (Å²) in [5, 5.41) is 12.6. The standard InChI is InChI=1S/C18H19N3O3S/c1-12-4-5-13(11-19)18(20-12)25-9-8-17(22)21-15-7-6-14(23-2)10-16(15)24-3/h4-7,10H,8-9H2,1-3H3,(H,21,22). The first-order valence-electron chi connectivity index (χ1n) is 7.59. The number of nitrogens with zero attached hydrogens (tertiary/aromatic N) is 2. The highest BCUT2D eigenvalue weighted by atomic mass is 32.2. The Labute approximate surface area is 151 Å². The van der Waals surface area contributed by atoms with Gasteiger partial charge in [0.1, 0.15) is 22.6 Å². The molecule has 0 bridgehead atoms. The molecule has 0 saturated carbocycles. The summed E-state index contributed by atoms with van der Waals surface area (Å²) in [5.74, 6) is 1.57. The monoisotopic (exact) mass is 357 g/mol. The lowest BCUT2D eigenvalue weighted by Crippen LogP contribution is -2.13. The number of aryl methyl sites for hydroxylation is 1. The molecule has 130 valence electrons. The molecule has 25 heavy (non-hydrogen) atoms. The molecule has 0 aliphatic carbocycles. The number of pyridine rings is 1. The van der Waals surface area contributed by atoms with E-state index in [1.807, 2.05) is 6.92 Å². The van der Waals surface area contributed by atoms with Gasteiger partial charge in [-0.25, -0.2) is 4.98 Å². The van der Waals surface area contributed by atoms with Gasteiger partial charge in [-0.3, -0.25) is 4.79 Å². The van der Waals surface area contributed by atoms with Crippen molar-refractivity contribution in [3.63, 3.8) is 0 Å². The van der Waals surface area contributed by atoms with Crippen LogP contribution in [-0.2, 0) is 4.79 Å². The van der Waals surface area contributed by atoms with E-state index in [2.05, 4.69) is 16.4 Å². The first-order chi connectivity index (χ1) is 12.1. The molecule has 1 aromatic heterocycles. The zero-order valence-electron chi connectivity index (χ0n) is 14.3. The average Bonchev–Trinajstić information content (AvgIpc) is 2.62. The van der Waals surface area contributed by atoms with Crippen LogP contribution in [0.4, 0.5) is 5.69 Å². The number of methoxy groups -OCH3 is 2. The number of anilines is 1. The highest BCUT2D eigenvalue weighted by Gasteiger charge is 2.10. The molecule has 1 heterocycles. The predicted octanol–water partition coefficient (Wildman–Crippen LogP) is 3.40. The summed E-state index contributed by atoms with van der Waals surface area (Å²) in [5.41, 5.74) is 1.95. The number of ether oxygens (including phenoxy) is 2. The van der Waals surface area contributed by atoms with Crippen molar-refractivity contribution >= 4 is 23.4 Å². The molecular formula is C18H19N3O3S. The number of carbonyl (C=O) groups is 1. The van der Waals surface area contributed by atoms with Gasteiger partial charge in [0.05, 0.1) is 25.5 Å². The number of amides is 1. The van der Waals surface area contributed by atoms with Crippen molar-refractivity contribution < 1.29 is 14.3 Å². The largest absolute Gasteiger partial charge is 0.497 e. The van der Waals surface area contributed by atoms with E-state index in [1.165, 1.54) is 18.9 Å². The van der Waals surface area contributed by atoms with Gasteiger partial charge in [0.2, 0.25) is 5.91 Å². The molecule has 0 atom stereocenters. The fourth-order valence-electron chi connectivity index (χ4n) is 2.08. The van der Waals surface area contributed by atoms with E-state index in [-0.39, 0.29) is 5.91 Å². The van der Waals surface area contributed by atoms with Gasteiger partial charge in [0.15, 0.2) is 0 Å². The zero-order chi connectivity index (χ0) is 18.2. The summed E-state index contributed by atoms with van der Waals surface area (Å²) in [6.07, 6.45) is 0.292. The van der Waals surface area contributed by atoms with E-state index in [1.54, 1.807) is 37.4 Å². The molecule has 6 nitrogen and oxygen atoms in total. The maximum atomic E-state index is 12.2. The Kier molecular flexibility index (Phi) is 6.66. The van der Waals surface area contributed by atoms with Gasteiger partial charge in [-0.2, -0.15) is 5.26 Å². The molecule has 7 heteroatoms. The number of hydrogen-bond donors (Lipinski definition) is 1. The van der Waals surface area contributed by atoms with E-state index in [0.29, 0.717) is 39.9 Å². The third-order valence-electron chi connectivity index (χ3n) is 3.37. The molecule has 0 aliphatic heterocycles. The molecule has 2 rings (SSSR count). The quantitative estimate of drug-likeness (QED) is 0.765. The maximum Gasteiger partial charge on any atom is 0.225 e. The van der Waals surface area contributed by atoms with Crippen molar-refractivity contribution in [1.82, 2.24) is 4.98 Å². The Hall–Kier alpha value is -2.72. The fourth-order valence-corrected chi connectivity index (χ4v) is 3.04. The first kappa shape index (κ1) is 18.6. The van der Waals surface area contributed by atoms with Crippen molar-refractivity contribution in [3.8, 4) is 17.6 Å². The van der Waals surface area contributed by atoms with Gasteiger partial charge in [-0.1, -0.05) is 0 Å². The van der Waals surface area contributed by atoms with Gasteiger partial charge < -0.3 is 14.8 Å². The van der Waals surface area contributed by atoms with E-state index in [0.717, 1.165) is 5.69 Å². The minimum absolute atomic E-state index is 0.137. The van der Waals surface area contributed by atoms with Crippen LogP contribution in [0.1, 0.15) is 17.7 Å². The molecule has 0 unspecified atom stereocenters. The van der Waals surface area contributed by atoms with Crippen LogP contribution >= 0.6 is 11.8 Å². The number of rotatable bonds is 7. The Morgan fingerprint density at radius 2 is 2.08 bits per heavy atom. The average molecular weight is 357 g/mol. The summed E-state index contributed by atoms with van der Waals surface area (Å²) < 4.78 is 10.4. The van der Waals surface area contributed by atoms with Crippen molar-refractivity contribution in [1.29, 1.82) is 5.26 Å². The molecule has 2 aromatic rings. The smallest absolute Gasteiger partial charge is 0.225 e. The number of thioether (sulfide) groups is 1. The lowest BCUT2D eigenvalue weighted by atomic mass is 10.2. The molecule has 0 saturated heterocycles. The zero-order valence-corrected chi connectivity index (χ0v) is 15.1. The van der Waals surface area contributed by atoms with Crippen LogP contribution in [0.2, 0.25) is 0 Å². The van der Waals surface area contributed by atoms with Crippen LogP contribution < -0.4 is 14.8 Å². The van der Waals surface area contributed by atoms with Crippen LogP contribution in [0.15, 0.2) is 35.4 Å². The normalized spacial score (nSPS) is 10.0. The molecule has 1 aromatic carbocycles. The van der Waals surface area contributed by atoms with Gasteiger partial charge in [-0.05, 0) is 31.2 Å². The number of hydrogen-bond acceptors (Lipinski definition) is 6. The highest BCUT2D eigenvalue weighted by Crippen LogP contribution is 2.29. The predicted molar refractivity (Wildman–Crippen MR) is 97.2 cm³/mol. The summed E-state index contributed by atoms with van der Waals surface area (Å²) in [6.45, 7) is 1.87. The minimum atomic E-state index is -0.137. The maximum absolute atomic E-state index is 12.2. The molecule has 0 radical (unpaired) electrons. The lowest BCUT2D eigenvalue weighted by molar-refractivity contribution is -0.115. The van der Waals surface area contributed by atoms with Crippen molar-refractivity contribution in [2.75, 3.05) is 25.3 Å². The third kappa shape index (κ3) is 5.13. The minimum Gasteiger partial charge on any atom is -0.497 e. The molecule has 1 amide bonds. The topological polar surface area (TPSA) is 84.2 Å². The van der Waals surface area contributed by atoms with Gasteiger partial charge in [-0.15, -0.1) is 11.8 Å². The van der Waals surface area contributed by atoms with E-state index in [9.17, 15) is 4.79 Å². The second-order valence-corrected chi connectivity index (χ2v) is 6.21.